The van der Waals surface area contributed by atoms with Crippen LogP contribution in [-0.4, -0.2) is 58.5 Å². The van der Waals surface area contributed by atoms with E-state index in [1.165, 1.54) is 4.90 Å². The second kappa shape index (κ2) is 8.33. The van der Waals surface area contributed by atoms with Gasteiger partial charge >= 0.3 is 0 Å². The van der Waals surface area contributed by atoms with E-state index in [0.717, 1.165) is 11.1 Å². The van der Waals surface area contributed by atoms with Gasteiger partial charge in [-0.05, 0) is 55.2 Å². The summed E-state index contributed by atoms with van der Waals surface area (Å²) in [4.78, 5) is 54.7. The lowest BCUT2D eigenvalue weighted by Crippen LogP contribution is -2.52. The number of carbonyl (C=O) groups excluding carboxylic acids is 4. The Kier molecular flexibility index (Phi) is 5.54. The third-order valence-electron chi connectivity index (χ3n) is 7.26. The molecule has 0 bridgehead atoms. The van der Waals surface area contributed by atoms with Crippen LogP contribution in [0.3, 0.4) is 0 Å². The van der Waals surface area contributed by atoms with Gasteiger partial charge in [0.15, 0.2) is 5.78 Å². The van der Waals surface area contributed by atoms with E-state index in [-0.39, 0.29) is 29.4 Å². The van der Waals surface area contributed by atoms with E-state index in [1.807, 2.05) is 39.8 Å². The number of Topliss-reactive ketones (excluding diaryl/α,β-unsaturated/α-hetero) is 1. The van der Waals surface area contributed by atoms with Gasteiger partial charge in [0.25, 0.3) is 17.7 Å². The highest BCUT2D eigenvalue weighted by molar-refractivity contribution is 6.22. The molecule has 5 rings (SSSR count). The van der Waals surface area contributed by atoms with Crippen molar-refractivity contribution >= 4 is 23.5 Å². The topological polar surface area (TPSA) is 84.0 Å². The van der Waals surface area contributed by atoms with E-state index < -0.39 is 5.60 Å². The second-order valence-corrected chi connectivity index (χ2v) is 10.5. The Morgan fingerprint density at radius 1 is 1.00 bits per heavy atom. The monoisotopic (exact) mass is 474 g/mol. The Balaban J connectivity index is 1.31. The maximum atomic E-state index is 13.3. The molecule has 0 radical (unpaired) electrons. The number of fused-ring (bicyclic) bond motifs is 2. The molecule has 182 valence electrons. The van der Waals surface area contributed by atoms with E-state index >= 15 is 0 Å². The van der Waals surface area contributed by atoms with E-state index in [1.54, 1.807) is 23.1 Å². The quantitative estimate of drug-likeness (QED) is 0.623. The molecule has 7 nitrogen and oxygen atoms in total. The highest BCUT2D eigenvalue weighted by atomic mass is 16.5. The van der Waals surface area contributed by atoms with E-state index in [2.05, 4.69) is 0 Å². The maximum Gasteiger partial charge on any atom is 0.261 e. The fourth-order valence-corrected chi connectivity index (χ4v) is 5.55. The zero-order chi connectivity index (χ0) is 25.1. The lowest BCUT2D eigenvalue weighted by atomic mass is 9.81. The predicted octanol–water partition coefficient (Wildman–Crippen LogP) is 4.20. The molecule has 35 heavy (non-hydrogen) atoms. The van der Waals surface area contributed by atoms with Gasteiger partial charge in [-0.2, -0.15) is 0 Å². The zero-order valence-corrected chi connectivity index (χ0v) is 20.6. The number of rotatable bonds is 3. The first kappa shape index (κ1) is 23.3. The zero-order valence-electron chi connectivity index (χ0n) is 20.6. The Labute approximate surface area is 205 Å². The number of ketones is 1. The van der Waals surface area contributed by atoms with Crippen LogP contribution in [0.15, 0.2) is 30.3 Å². The van der Waals surface area contributed by atoms with Gasteiger partial charge in [-0.1, -0.05) is 19.9 Å². The van der Waals surface area contributed by atoms with Crippen molar-refractivity contribution in [3.8, 4) is 5.75 Å². The van der Waals surface area contributed by atoms with Crippen molar-refractivity contribution in [2.24, 2.45) is 5.92 Å². The van der Waals surface area contributed by atoms with Crippen LogP contribution in [0.1, 0.15) is 85.7 Å². The van der Waals surface area contributed by atoms with Crippen molar-refractivity contribution in [1.82, 2.24) is 9.80 Å². The van der Waals surface area contributed by atoms with E-state index in [4.69, 9.17) is 4.74 Å². The molecular weight excluding hydrogens is 444 g/mol. The summed E-state index contributed by atoms with van der Waals surface area (Å²) in [7, 11) is 0. The summed E-state index contributed by atoms with van der Waals surface area (Å²) in [6.07, 6.45) is 1.43. The first-order valence-electron chi connectivity index (χ1n) is 12.2. The largest absolute Gasteiger partial charge is 0.486 e. The lowest BCUT2D eigenvalue weighted by Gasteiger charge is -2.44. The van der Waals surface area contributed by atoms with Crippen LogP contribution in [0.4, 0.5) is 0 Å². The summed E-state index contributed by atoms with van der Waals surface area (Å²) < 4.78 is 6.41. The van der Waals surface area contributed by atoms with Gasteiger partial charge in [-0.3, -0.25) is 24.1 Å². The standard InChI is InChI=1S/C28H30N2O5/c1-16(2)15-30-26(33)20-6-5-19(13-21(20)27(30)34)25(32)29-9-7-28(8-10-29)14-22(31)24-18(4)11-17(3)12-23(24)35-28/h5-6,11-13,16H,7-10,14-15H2,1-4H3. The number of aryl methyl sites for hydroxylation is 2. The number of hydrogen-bond acceptors (Lipinski definition) is 5. The summed E-state index contributed by atoms with van der Waals surface area (Å²) in [6, 6.07) is 8.67. The first-order valence-corrected chi connectivity index (χ1v) is 12.2. The van der Waals surface area contributed by atoms with Gasteiger partial charge in [0.1, 0.15) is 11.4 Å². The van der Waals surface area contributed by atoms with Gasteiger partial charge < -0.3 is 9.64 Å². The van der Waals surface area contributed by atoms with Gasteiger partial charge in [-0.25, -0.2) is 0 Å². The molecule has 0 saturated carbocycles. The number of benzene rings is 2. The molecule has 0 aliphatic carbocycles. The Hall–Kier alpha value is -3.48. The highest BCUT2D eigenvalue weighted by Gasteiger charge is 2.44. The van der Waals surface area contributed by atoms with Gasteiger partial charge in [0.05, 0.1) is 23.1 Å². The molecule has 3 heterocycles. The molecule has 2 aromatic rings. The lowest BCUT2D eigenvalue weighted by molar-refractivity contribution is -0.00582. The molecule has 1 saturated heterocycles. The third kappa shape index (κ3) is 3.93. The summed E-state index contributed by atoms with van der Waals surface area (Å²) in [5.74, 6) is 0.0708. The molecule has 3 aliphatic heterocycles. The van der Waals surface area contributed by atoms with Gasteiger partial charge in [-0.15, -0.1) is 0 Å². The van der Waals surface area contributed by atoms with Crippen molar-refractivity contribution in [1.29, 1.82) is 0 Å². The molecule has 0 N–H and O–H groups in total. The third-order valence-corrected chi connectivity index (χ3v) is 7.26. The number of piperidine rings is 1. The summed E-state index contributed by atoms with van der Waals surface area (Å²) in [5, 5.41) is 0. The highest BCUT2D eigenvalue weighted by Crippen LogP contribution is 2.41. The number of ether oxygens (including phenoxy) is 1. The van der Waals surface area contributed by atoms with Crippen LogP contribution in [0.2, 0.25) is 0 Å². The smallest absolute Gasteiger partial charge is 0.261 e. The van der Waals surface area contributed by atoms with Crippen molar-refractivity contribution in [2.75, 3.05) is 19.6 Å². The average Bonchev–Trinajstić information content (AvgIpc) is 3.02. The van der Waals surface area contributed by atoms with Crippen LogP contribution in [0, 0.1) is 19.8 Å². The fraction of sp³-hybridized carbons (Fsp3) is 0.429. The Bertz CT molecular complexity index is 1270. The summed E-state index contributed by atoms with van der Waals surface area (Å²) in [6.45, 7) is 9.08. The minimum absolute atomic E-state index is 0.0938. The Morgan fingerprint density at radius 3 is 2.37 bits per heavy atom. The number of nitrogens with zero attached hydrogens (tertiary/aromatic N) is 2. The van der Waals surface area contributed by atoms with Crippen molar-refractivity contribution in [2.45, 2.75) is 52.6 Å². The number of hydrogen-bond donors (Lipinski definition) is 0. The van der Waals surface area contributed by atoms with Crippen LogP contribution >= 0.6 is 0 Å². The number of imide groups is 1. The molecule has 2 aromatic carbocycles. The molecule has 7 heteroatoms. The van der Waals surface area contributed by atoms with Gasteiger partial charge in [0.2, 0.25) is 0 Å². The normalized spacial score (nSPS) is 18.7. The molecule has 1 spiro atoms. The molecule has 0 aromatic heterocycles. The van der Waals surface area contributed by atoms with Gasteiger partial charge in [0, 0.05) is 38.0 Å². The number of carbonyl (C=O) groups is 4. The SMILES string of the molecule is Cc1cc(C)c2c(c1)OC1(CCN(C(=O)c3ccc4c(c3)C(=O)N(CC(C)C)C4=O)CC1)CC2=O. The van der Waals surface area contributed by atoms with E-state index in [9.17, 15) is 19.2 Å². The molecular formula is C28H30N2O5. The molecule has 1 fully saturated rings. The molecule has 0 atom stereocenters. The number of amides is 3. The molecule has 3 aliphatic rings. The predicted molar refractivity (Wildman–Crippen MR) is 130 cm³/mol. The molecule has 3 amide bonds. The Morgan fingerprint density at radius 2 is 1.69 bits per heavy atom. The first-order chi connectivity index (χ1) is 16.6. The van der Waals surface area contributed by atoms with Crippen LogP contribution in [-0.2, 0) is 0 Å². The van der Waals surface area contributed by atoms with Crippen molar-refractivity contribution in [3.63, 3.8) is 0 Å². The second-order valence-electron chi connectivity index (χ2n) is 10.5. The molecule has 0 unspecified atom stereocenters. The van der Waals surface area contributed by atoms with E-state index in [0.29, 0.717) is 66.9 Å². The van der Waals surface area contributed by atoms with Crippen LogP contribution in [0.5, 0.6) is 5.75 Å². The maximum absolute atomic E-state index is 13.3. The summed E-state index contributed by atoms with van der Waals surface area (Å²) in [5.41, 5.74) is 3.09. The summed E-state index contributed by atoms with van der Waals surface area (Å²) >= 11 is 0. The van der Waals surface area contributed by atoms with Crippen molar-refractivity contribution < 1.29 is 23.9 Å². The minimum Gasteiger partial charge on any atom is -0.486 e. The minimum atomic E-state index is -0.598. The van der Waals surface area contributed by atoms with Crippen molar-refractivity contribution in [3.05, 3.63) is 63.7 Å². The fourth-order valence-electron chi connectivity index (χ4n) is 5.55. The van der Waals surface area contributed by atoms with Crippen LogP contribution in [0.25, 0.3) is 0 Å². The number of likely N-dealkylation sites (tertiary alicyclic amines) is 1. The van der Waals surface area contributed by atoms with Crippen LogP contribution < -0.4 is 4.74 Å². The average molecular weight is 475 g/mol.